The maximum atomic E-state index is 12.0. The van der Waals surface area contributed by atoms with Gasteiger partial charge in [-0.1, -0.05) is 42.2 Å². The lowest BCUT2D eigenvalue weighted by atomic mass is 10.0. The first-order chi connectivity index (χ1) is 9.56. The highest BCUT2D eigenvalue weighted by atomic mass is 32.2. The molecule has 1 aromatic carbocycles. The summed E-state index contributed by atoms with van der Waals surface area (Å²) in [5.41, 5.74) is 2.02. The highest BCUT2D eigenvalue weighted by Gasteiger charge is 2.30. The molecule has 3 nitrogen and oxygen atoms in total. The Morgan fingerprint density at radius 2 is 2.15 bits per heavy atom. The summed E-state index contributed by atoms with van der Waals surface area (Å²) in [6.45, 7) is 1.98. The zero-order valence-electron chi connectivity index (χ0n) is 11.1. The number of hydrogen-bond acceptors (Lipinski definition) is 4. The number of fused-ring (bicyclic) bond motifs is 1. The Bertz CT molecular complexity index is 664. The third kappa shape index (κ3) is 2.27. The fourth-order valence-electron chi connectivity index (χ4n) is 2.12. The number of benzene rings is 1. The number of rotatable bonds is 1. The van der Waals surface area contributed by atoms with Crippen molar-refractivity contribution in [2.24, 2.45) is 0 Å². The number of thiocarbonyl (C=S) groups is 1. The number of nitrogens with zero attached hydrogens (tertiary/aromatic N) is 1. The molecule has 0 aliphatic carbocycles. The highest BCUT2D eigenvalue weighted by molar-refractivity contribution is 8.26. The molecule has 0 spiro atoms. The van der Waals surface area contributed by atoms with Crippen LogP contribution in [0, 0.1) is 0 Å². The summed E-state index contributed by atoms with van der Waals surface area (Å²) in [4.78, 5) is 14.2. The molecule has 1 saturated heterocycles. The van der Waals surface area contributed by atoms with Gasteiger partial charge in [0, 0.05) is 12.6 Å². The van der Waals surface area contributed by atoms with Crippen molar-refractivity contribution in [1.29, 1.82) is 0 Å². The van der Waals surface area contributed by atoms with Crippen molar-refractivity contribution in [2.75, 3.05) is 7.05 Å². The first-order valence-corrected chi connectivity index (χ1v) is 7.47. The maximum Gasteiger partial charge on any atom is 0.265 e. The Kier molecular flexibility index (Phi) is 3.40. The average Bonchev–Trinajstić information content (AvgIpc) is 2.67. The van der Waals surface area contributed by atoms with Gasteiger partial charge in [-0.2, -0.15) is 0 Å². The Morgan fingerprint density at radius 3 is 2.85 bits per heavy atom. The van der Waals surface area contributed by atoms with Crippen LogP contribution in [0.5, 0.6) is 5.75 Å². The molecule has 20 heavy (non-hydrogen) atoms. The summed E-state index contributed by atoms with van der Waals surface area (Å²) in [5, 5.41) is 0. The zero-order valence-corrected chi connectivity index (χ0v) is 12.8. The van der Waals surface area contributed by atoms with E-state index in [0.717, 1.165) is 16.9 Å². The SMILES string of the molecule is C[C@H]1Oc2ccccc2C=C1/C=C1\SC(=S)N(C)C1=O. The molecule has 0 radical (unpaired) electrons. The molecule has 2 aliphatic rings. The molecule has 2 heterocycles. The van der Waals surface area contributed by atoms with Gasteiger partial charge in [0.15, 0.2) is 0 Å². The van der Waals surface area contributed by atoms with Gasteiger partial charge in [0.2, 0.25) is 0 Å². The van der Waals surface area contributed by atoms with Gasteiger partial charge in [0.25, 0.3) is 5.91 Å². The Morgan fingerprint density at radius 1 is 1.40 bits per heavy atom. The van der Waals surface area contributed by atoms with Crippen LogP contribution in [0.1, 0.15) is 12.5 Å². The van der Waals surface area contributed by atoms with Crippen LogP contribution < -0.4 is 4.74 Å². The molecule has 5 heteroatoms. The van der Waals surface area contributed by atoms with Crippen LogP contribution in [0.15, 0.2) is 40.8 Å². The van der Waals surface area contributed by atoms with Crippen LogP contribution in [0.4, 0.5) is 0 Å². The quantitative estimate of drug-likeness (QED) is 0.588. The molecule has 0 unspecified atom stereocenters. The third-order valence-corrected chi connectivity index (χ3v) is 4.78. The summed E-state index contributed by atoms with van der Waals surface area (Å²) >= 11 is 6.46. The van der Waals surface area contributed by atoms with Gasteiger partial charge in [-0.15, -0.1) is 0 Å². The minimum absolute atomic E-state index is 0.0491. The lowest BCUT2D eigenvalue weighted by Crippen LogP contribution is -2.23. The maximum absolute atomic E-state index is 12.0. The van der Waals surface area contributed by atoms with Gasteiger partial charge < -0.3 is 4.74 Å². The van der Waals surface area contributed by atoms with Crippen molar-refractivity contribution in [2.45, 2.75) is 13.0 Å². The molecule has 1 aromatic rings. The van der Waals surface area contributed by atoms with Gasteiger partial charge in [0.1, 0.15) is 16.2 Å². The van der Waals surface area contributed by atoms with E-state index in [2.05, 4.69) is 6.08 Å². The highest BCUT2D eigenvalue weighted by Crippen LogP contribution is 2.34. The molecule has 102 valence electrons. The first kappa shape index (κ1) is 13.4. The predicted molar refractivity (Wildman–Crippen MR) is 85.6 cm³/mol. The van der Waals surface area contributed by atoms with Gasteiger partial charge in [-0.25, -0.2) is 0 Å². The molecule has 3 rings (SSSR count). The van der Waals surface area contributed by atoms with Crippen LogP contribution in [0.25, 0.3) is 6.08 Å². The molecule has 1 amide bonds. The van der Waals surface area contributed by atoms with Crippen molar-refractivity contribution < 1.29 is 9.53 Å². The molecule has 0 N–H and O–H groups in total. The standard InChI is InChI=1S/C15H13NO2S2/c1-9-11(7-10-5-3-4-6-12(10)18-9)8-13-14(17)16(2)15(19)20-13/h3-9H,1-2H3/b13-8-/t9-/m1/s1. The monoisotopic (exact) mass is 303 g/mol. The van der Waals surface area contributed by atoms with Crippen molar-refractivity contribution in [3.63, 3.8) is 0 Å². The normalized spacial score (nSPS) is 23.7. The summed E-state index contributed by atoms with van der Waals surface area (Å²) in [7, 11) is 1.70. The lowest BCUT2D eigenvalue weighted by molar-refractivity contribution is -0.121. The molecular weight excluding hydrogens is 290 g/mol. The molecule has 0 saturated carbocycles. The van der Waals surface area contributed by atoms with E-state index >= 15 is 0 Å². The fraction of sp³-hybridized carbons (Fsp3) is 0.200. The van der Waals surface area contributed by atoms with Crippen LogP contribution in [0.3, 0.4) is 0 Å². The first-order valence-electron chi connectivity index (χ1n) is 6.25. The van der Waals surface area contributed by atoms with Crippen molar-refractivity contribution >= 4 is 40.3 Å². The number of hydrogen-bond donors (Lipinski definition) is 0. The second-order valence-corrected chi connectivity index (χ2v) is 6.36. The van der Waals surface area contributed by atoms with Crippen LogP contribution >= 0.6 is 24.0 Å². The summed E-state index contributed by atoms with van der Waals surface area (Å²) in [6, 6.07) is 7.87. The van der Waals surface area contributed by atoms with E-state index in [9.17, 15) is 4.79 Å². The number of ether oxygens (including phenoxy) is 1. The molecule has 0 bridgehead atoms. The van der Waals surface area contributed by atoms with E-state index in [0.29, 0.717) is 9.23 Å². The van der Waals surface area contributed by atoms with E-state index in [1.807, 2.05) is 37.3 Å². The van der Waals surface area contributed by atoms with E-state index in [-0.39, 0.29) is 12.0 Å². The van der Waals surface area contributed by atoms with Crippen LogP contribution in [0.2, 0.25) is 0 Å². The number of thioether (sulfide) groups is 1. The Labute approximate surface area is 127 Å². The molecule has 2 aliphatic heterocycles. The minimum Gasteiger partial charge on any atom is -0.485 e. The van der Waals surface area contributed by atoms with Crippen LogP contribution in [-0.2, 0) is 4.79 Å². The zero-order chi connectivity index (χ0) is 14.3. The summed E-state index contributed by atoms with van der Waals surface area (Å²) < 4.78 is 6.45. The average molecular weight is 303 g/mol. The van der Waals surface area contributed by atoms with Crippen molar-refractivity contribution in [3.05, 3.63) is 46.4 Å². The van der Waals surface area contributed by atoms with Crippen molar-refractivity contribution in [1.82, 2.24) is 4.90 Å². The second kappa shape index (κ2) is 5.07. The summed E-state index contributed by atoms with van der Waals surface area (Å²) in [5.74, 6) is 0.826. The predicted octanol–water partition coefficient (Wildman–Crippen LogP) is 3.22. The van der Waals surface area contributed by atoms with E-state index in [1.165, 1.54) is 16.7 Å². The minimum atomic E-state index is -0.0784. The lowest BCUT2D eigenvalue weighted by Gasteiger charge is -2.22. The molecular formula is C15H13NO2S2. The van der Waals surface area contributed by atoms with Crippen molar-refractivity contribution in [3.8, 4) is 5.75 Å². The number of carbonyl (C=O) groups excluding carboxylic acids is 1. The molecule has 0 aromatic heterocycles. The Hall–Kier alpha value is -1.59. The van der Waals surface area contributed by atoms with E-state index in [1.54, 1.807) is 7.05 Å². The third-order valence-electron chi connectivity index (χ3n) is 3.30. The molecule has 1 atom stereocenters. The van der Waals surface area contributed by atoms with Gasteiger partial charge >= 0.3 is 0 Å². The Balaban J connectivity index is 1.97. The summed E-state index contributed by atoms with van der Waals surface area (Å²) in [6.07, 6.45) is 3.86. The van der Waals surface area contributed by atoms with E-state index in [4.69, 9.17) is 17.0 Å². The van der Waals surface area contributed by atoms with E-state index < -0.39 is 0 Å². The van der Waals surface area contributed by atoms with Gasteiger partial charge in [0.05, 0.1) is 4.91 Å². The number of para-hydroxylation sites is 1. The van der Waals surface area contributed by atoms with Crippen LogP contribution in [-0.4, -0.2) is 28.3 Å². The fourth-order valence-corrected chi connectivity index (χ4v) is 3.30. The number of likely N-dealkylation sites (N-methyl/N-ethyl adjacent to an activating group) is 1. The molecule has 1 fully saturated rings. The van der Waals surface area contributed by atoms with Gasteiger partial charge in [-0.3, -0.25) is 9.69 Å². The second-order valence-electron chi connectivity index (χ2n) is 4.68. The number of carbonyl (C=O) groups is 1. The largest absolute Gasteiger partial charge is 0.485 e. The smallest absolute Gasteiger partial charge is 0.265 e. The van der Waals surface area contributed by atoms with Gasteiger partial charge in [-0.05, 0) is 30.7 Å². The number of amides is 1. The topological polar surface area (TPSA) is 29.5 Å².